The lowest BCUT2D eigenvalue weighted by atomic mass is 10.2. The molecular weight excluding hydrogens is 460 g/mol. The van der Waals surface area contributed by atoms with Crippen LogP contribution in [-0.2, 0) is 37.6 Å². The monoisotopic (exact) mass is 480 g/mol. The molecule has 2 aromatic carbocycles. The van der Waals surface area contributed by atoms with E-state index in [2.05, 4.69) is 15.6 Å². The van der Waals surface area contributed by atoms with E-state index in [4.69, 9.17) is 5.14 Å². The highest BCUT2D eigenvalue weighted by Crippen LogP contribution is 2.22. The van der Waals surface area contributed by atoms with Crippen LogP contribution in [0.5, 0.6) is 0 Å². The molecule has 4 N–H and O–H groups in total. The van der Waals surface area contributed by atoms with Crippen molar-refractivity contribution in [3.63, 3.8) is 0 Å². The lowest BCUT2D eigenvalue weighted by Gasteiger charge is -2.05. The largest absolute Gasteiger partial charge is 0.352 e. The van der Waals surface area contributed by atoms with Gasteiger partial charge in [-0.25, -0.2) is 27.0 Å². The van der Waals surface area contributed by atoms with Gasteiger partial charge < -0.3 is 10.6 Å². The second-order valence-electron chi connectivity index (χ2n) is 6.71. The van der Waals surface area contributed by atoms with Crippen LogP contribution in [0.4, 0.5) is 10.8 Å². The smallest absolute Gasteiger partial charge is 0.238 e. The van der Waals surface area contributed by atoms with E-state index in [-0.39, 0.29) is 28.7 Å². The summed E-state index contributed by atoms with van der Waals surface area (Å²) in [4.78, 5) is 16.8. The number of carbonyl (C=O) groups excluding carboxylic acids is 1. The van der Waals surface area contributed by atoms with Gasteiger partial charge in [0.25, 0.3) is 0 Å². The van der Waals surface area contributed by atoms with Crippen LogP contribution in [-0.4, -0.2) is 34.0 Å². The quantitative estimate of drug-likeness (QED) is 0.445. The summed E-state index contributed by atoms with van der Waals surface area (Å²) in [6.45, 7) is 0.242. The fraction of sp³-hybridized carbons (Fsp3) is 0.158. The van der Waals surface area contributed by atoms with Gasteiger partial charge in [0.15, 0.2) is 15.0 Å². The highest BCUT2D eigenvalue weighted by molar-refractivity contribution is 7.90. The standard InChI is InChI=1S/C19H20N4O5S3/c1-30(25,26)16-8-4-14(5-9-16)22-19-23-15(12-29-19)10-18(24)21-11-13-2-6-17(7-3-13)31(20,27)28/h2-9,12H,10-11H2,1H3,(H,21,24)(H,22,23)(H2,20,27,28). The van der Waals surface area contributed by atoms with E-state index in [1.165, 1.54) is 35.6 Å². The SMILES string of the molecule is CS(=O)(=O)c1ccc(Nc2nc(CC(=O)NCc3ccc(S(N)(=O)=O)cc3)cs2)cc1. The number of nitrogens with one attached hydrogen (secondary N) is 2. The molecule has 0 aliphatic rings. The van der Waals surface area contributed by atoms with E-state index >= 15 is 0 Å². The summed E-state index contributed by atoms with van der Waals surface area (Å²) in [5.41, 5.74) is 2.00. The van der Waals surface area contributed by atoms with Crippen LogP contribution in [0, 0.1) is 0 Å². The molecule has 0 aliphatic carbocycles. The second-order valence-corrected chi connectivity index (χ2v) is 11.1. The molecule has 0 unspecified atom stereocenters. The van der Waals surface area contributed by atoms with E-state index in [1.807, 2.05) is 0 Å². The summed E-state index contributed by atoms with van der Waals surface area (Å²) in [5.74, 6) is -0.232. The Labute approximate surface area is 184 Å². The Morgan fingerprint density at radius 1 is 1.00 bits per heavy atom. The average Bonchev–Trinajstić information content (AvgIpc) is 3.12. The molecule has 0 fully saturated rings. The number of sulfone groups is 1. The summed E-state index contributed by atoms with van der Waals surface area (Å²) < 4.78 is 45.5. The van der Waals surface area contributed by atoms with Gasteiger partial charge in [-0.3, -0.25) is 4.79 Å². The van der Waals surface area contributed by atoms with Crippen molar-refractivity contribution in [2.45, 2.75) is 22.8 Å². The zero-order chi connectivity index (χ0) is 22.6. The van der Waals surface area contributed by atoms with Crippen molar-refractivity contribution in [1.29, 1.82) is 0 Å². The van der Waals surface area contributed by atoms with Crippen LogP contribution in [0.3, 0.4) is 0 Å². The highest BCUT2D eigenvalue weighted by Gasteiger charge is 2.11. The molecule has 0 bridgehead atoms. The molecular formula is C19H20N4O5S3. The Hall–Kier alpha value is -2.80. The Bertz CT molecular complexity index is 1280. The number of thiazole rings is 1. The lowest BCUT2D eigenvalue weighted by Crippen LogP contribution is -2.24. The fourth-order valence-electron chi connectivity index (χ4n) is 2.58. The zero-order valence-electron chi connectivity index (χ0n) is 16.4. The van der Waals surface area contributed by atoms with Gasteiger partial charge in [0.1, 0.15) is 0 Å². The summed E-state index contributed by atoms with van der Waals surface area (Å²) in [7, 11) is -7.00. The molecule has 0 spiro atoms. The first-order valence-electron chi connectivity index (χ1n) is 8.91. The predicted molar refractivity (Wildman–Crippen MR) is 118 cm³/mol. The van der Waals surface area contributed by atoms with E-state index < -0.39 is 19.9 Å². The molecule has 0 saturated heterocycles. The molecule has 3 aromatic rings. The summed E-state index contributed by atoms with van der Waals surface area (Å²) >= 11 is 1.33. The zero-order valence-corrected chi connectivity index (χ0v) is 18.9. The Kier molecular flexibility index (Phi) is 6.74. The third kappa shape index (κ3) is 6.59. The molecule has 1 aromatic heterocycles. The third-order valence-corrected chi connectivity index (χ3v) is 7.03. The fourth-order valence-corrected chi connectivity index (χ4v) is 4.46. The van der Waals surface area contributed by atoms with Gasteiger partial charge in [-0.1, -0.05) is 12.1 Å². The molecule has 0 radical (unpaired) electrons. The highest BCUT2D eigenvalue weighted by atomic mass is 32.2. The van der Waals surface area contributed by atoms with Crippen LogP contribution >= 0.6 is 11.3 Å². The summed E-state index contributed by atoms with van der Waals surface area (Å²) in [5, 5.41) is 13.2. The first-order valence-corrected chi connectivity index (χ1v) is 13.2. The number of nitrogens with two attached hydrogens (primary N) is 1. The van der Waals surface area contributed by atoms with Crippen molar-refractivity contribution in [2.24, 2.45) is 5.14 Å². The van der Waals surface area contributed by atoms with Gasteiger partial charge in [0.05, 0.1) is 21.9 Å². The van der Waals surface area contributed by atoms with E-state index in [0.717, 1.165) is 11.8 Å². The number of hydrogen-bond donors (Lipinski definition) is 3. The topological polar surface area (TPSA) is 148 Å². The van der Waals surface area contributed by atoms with Crippen LogP contribution in [0.25, 0.3) is 0 Å². The molecule has 9 nitrogen and oxygen atoms in total. The number of hydrogen-bond acceptors (Lipinski definition) is 8. The third-order valence-electron chi connectivity index (χ3n) is 4.17. The maximum atomic E-state index is 12.2. The number of benzene rings is 2. The van der Waals surface area contributed by atoms with Crippen molar-refractivity contribution < 1.29 is 21.6 Å². The second kappa shape index (κ2) is 9.14. The number of amides is 1. The number of anilines is 2. The Balaban J connectivity index is 1.52. The van der Waals surface area contributed by atoms with Gasteiger partial charge in [-0.2, -0.15) is 0 Å². The molecule has 1 amide bonds. The van der Waals surface area contributed by atoms with Crippen LogP contribution < -0.4 is 15.8 Å². The maximum absolute atomic E-state index is 12.2. The van der Waals surface area contributed by atoms with E-state index in [9.17, 15) is 21.6 Å². The van der Waals surface area contributed by atoms with Crippen LogP contribution in [0.1, 0.15) is 11.3 Å². The molecule has 3 rings (SSSR count). The van der Waals surface area contributed by atoms with Crippen LogP contribution in [0.2, 0.25) is 0 Å². The minimum atomic E-state index is -3.75. The van der Waals surface area contributed by atoms with Crippen molar-refractivity contribution in [3.05, 3.63) is 65.2 Å². The maximum Gasteiger partial charge on any atom is 0.238 e. The predicted octanol–water partition coefficient (Wildman–Crippen LogP) is 1.80. The van der Waals surface area contributed by atoms with Crippen LogP contribution in [0.15, 0.2) is 63.7 Å². The number of primary sulfonamides is 1. The van der Waals surface area contributed by atoms with Crippen molar-refractivity contribution in [1.82, 2.24) is 10.3 Å². The molecule has 12 heteroatoms. The molecule has 0 saturated carbocycles. The number of nitrogens with zero attached hydrogens (tertiary/aromatic N) is 1. The van der Waals surface area contributed by atoms with Crippen molar-refractivity contribution in [2.75, 3.05) is 11.6 Å². The molecule has 164 valence electrons. The summed E-state index contributed by atoms with van der Waals surface area (Å²) in [6, 6.07) is 12.2. The molecule has 0 atom stereocenters. The van der Waals surface area contributed by atoms with Gasteiger partial charge in [0, 0.05) is 23.9 Å². The van der Waals surface area contributed by atoms with E-state index in [1.54, 1.807) is 29.6 Å². The van der Waals surface area contributed by atoms with Gasteiger partial charge in [-0.05, 0) is 42.0 Å². The van der Waals surface area contributed by atoms with E-state index in [0.29, 0.717) is 16.5 Å². The molecule has 1 heterocycles. The van der Waals surface area contributed by atoms with Gasteiger partial charge >= 0.3 is 0 Å². The number of carbonyl (C=O) groups is 1. The summed E-state index contributed by atoms with van der Waals surface area (Å²) in [6.07, 6.45) is 1.23. The molecule has 0 aliphatic heterocycles. The first kappa shape index (κ1) is 22.9. The average molecular weight is 481 g/mol. The van der Waals surface area contributed by atoms with Gasteiger partial charge in [0.2, 0.25) is 15.9 Å². The van der Waals surface area contributed by atoms with Crippen molar-refractivity contribution in [3.8, 4) is 0 Å². The minimum Gasteiger partial charge on any atom is -0.352 e. The van der Waals surface area contributed by atoms with Crippen molar-refractivity contribution >= 4 is 47.9 Å². The Morgan fingerprint density at radius 2 is 1.61 bits per heavy atom. The molecule has 31 heavy (non-hydrogen) atoms. The first-order chi connectivity index (χ1) is 14.5. The van der Waals surface area contributed by atoms with Gasteiger partial charge in [-0.15, -0.1) is 11.3 Å². The Morgan fingerprint density at radius 3 is 2.19 bits per heavy atom. The normalized spacial score (nSPS) is 11.8. The number of rotatable bonds is 8. The lowest BCUT2D eigenvalue weighted by molar-refractivity contribution is -0.120. The minimum absolute atomic E-state index is 0.0102. The number of aromatic nitrogens is 1. The number of sulfonamides is 1.